The summed E-state index contributed by atoms with van der Waals surface area (Å²) in [6.07, 6.45) is 19.5. The van der Waals surface area contributed by atoms with Crippen molar-refractivity contribution in [1.29, 1.82) is 0 Å². The van der Waals surface area contributed by atoms with E-state index < -0.39 is 8.80 Å². The normalized spacial score (nSPS) is 12.0. The zero-order chi connectivity index (χ0) is 23.6. The Labute approximate surface area is 202 Å². The van der Waals surface area contributed by atoms with Gasteiger partial charge in [0.05, 0.1) is 0 Å². The number of rotatable bonds is 27. The molecule has 0 aromatic rings. The molecule has 5 nitrogen and oxygen atoms in total. The van der Waals surface area contributed by atoms with E-state index in [9.17, 15) is 0 Å². The molecular formula is C26H58N2O3Si. The molecule has 0 radical (unpaired) electrons. The highest BCUT2D eigenvalue weighted by Crippen LogP contribution is 2.17. The minimum atomic E-state index is -2.46. The molecule has 0 aliphatic rings. The predicted octanol–water partition coefficient (Wildman–Crippen LogP) is 6.70. The van der Waals surface area contributed by atoms with Crippen molar-refractivity contribution in [2.75, 3.05) is 46.0 Å². The van der Waals surface area contributed by atoms with Gasteiger partial charge in [-0.05, 0) is 46.7 Å². The van der Waals surface area contributed by atoms with Crippen LogP contribution in [0.15, 0.2) is 0 Å². The third-order valence-electron chi connectivity index (χ3n) is 5.86. The highest BCUT2D eigenvalue weighted by atomic mass is 28.4. The maximum atomic E-state index is 5.91. The van der Waals surface area contributed by atoms with Gasteiger partial charge in [-0.2, -0.15) is 0 Å². The van der Waals surface area contributed by atoms with Gasteiger partial charge in [-0.3, -0.25) is 0 Å². The summed E-state index contributed by atoms with van der Waals surface area (Å²) in [5.74, 6) is 0. The Balaban J connectivity index is 3.37. The molecule has 0 aliphatic heterocycles. The Kier molecular flexibility index (Phi) is 25.6. The highest BCUT2D eigenvalue weighted by molar-refractivity contribution is 6.60. The van der Waals surface area contributed by atoms with Crippen molar-refractivity contribution >= 4 is 8.80 Å². The average molecular weight is 475 g/mol. The Morgan fingerprint density at radius 3 is 1.22 bits per heavy atom. The second-order valence-electron chi connectivity index (χ2n) is 8.83. The van der Waals surface area contributed by atoms with Crippen LogP contribution in [0.5, 0.6) is 0 Å². The Hall–Kier alpha value is 0.0169. The SMILES string of the molecule is CCCCCCCCCCCCCCCNCCNCCC[Si](OCC)(OCC)OCC. The highest BCUT2D eigenvalue weighted by Gasteiger charge is 2.39. The summed E-state index contributed by atoms with van der Waals surface area (Å²) in [4.78, 5) is 0. The average Bonchev–Trinajstić information content (AvgIpc) is 2.78. The van der Waals surface area contributed by atoms with Gasteiger partial charge in [-0.15, -0.1) is 0 Å². The molecule has 0 atom stereocenters. The summed E-state index contributed by atoms with van der Waals surface area (Å²) in [5, 5.41) is 7.09. The van der Waals surface area contributed by atoms with E-state index >= 15 is 0 Å². The molecule has 0 heterocycles. The lowest BCUT2D eigenvalue weighted by Gasteiger charge is -2.28. The molecule has 0 spiro atoms. The van der Waals surface area contributed by atoms with Gasteiger partial charge in [0.1, 0.15) is 0 Å². The molecule has 2 N–H and O–H groups in total. The van der Waals surface area contributed by atoms with Gasteiger partial charge in [0, 0.05) is 39.0 Å². The van der Waals surface area contributed by atoms with E-state index in [0.29, 0.717) is 19.8 Å². The maximum absolute atomic E-state index is 5.91. The van der Waals surface area contributed by atoms with Gasteiger partial charge in [-0.1, -0.05) is 84.0 Å². The van der Waals surface area contributed by atoms with E-state index in [0.717, 1.165) is 38.6 Å². The molecule has 0 bridgehead atoms. The first-order valence-electron chi connectivity index (χ1n) is 14.1. The largest absolute Gasteiger partial charge is 0.500 e. The van der Waals surface area contributed by atoms with Crippen LogP contribution in [0.3, 0.4) is 0 Å². The first-order valence-corrected chi connectivity index (χ1v) is 16.0. The lowest BCUT2D eigenvalue weighted by molar-refractivity contribution is 0.0708. The monoisotopic (exact) mass is 474 g/mol. The molecular weight excluding hydrogens is 416 g/mol. The van der Waals surface area contributed by atoms with Crippen molar-refractivity contribution in [1.82, 2.24) is 10.6 Å². The van der Waals surface area contributed by atoms with Crippen LogP contribution in [0, 0.1) is 0 Å². The van der Waals surface area contributed by atoms with Gasteiger partial charge in [0.2, 0.25) is 0 Å². The number of hydrogen-bond donors (Lipinski definition) is 2. The summed E-state index contributed by atoms with van der Waals surface area (Å²) < 4.78 is 17.7. The fraction of sp³-hybridized carbons (Fsp3) is 1.00. The lowest BCUT2D eigenvalue weighted by atomic mass is 10.0. The van der Waals surface area contributed by atoms with E-state index in [2.05, 4.69) is 17.6 Å². The Morgan fingerprint density at radius 2 is 0.812 bits per heavy atom. The fourth-order valence-electron chi connectivity index (χ4n) is 4.13. The van der Waals surface area contributed by atoms with Crippen molar-refractivity contribution in [2.45, 2.75) is 124 Å². The van der Waals surface area contributed by atoms with Crippen LogP contribution in [-0.2, 0) is 13.3 Å². The Morgan fingerprint density at radius 1 is 0.438 bits per heavy atom. The van der Waals surface area contributed by atoms with E-state index in [-0.39, 0.29) is 0 Å². The fourth-order valence-corrected chi connectivity index (χ4v) is 6.74. The molecule has 0 aromatic carbocycles. The van der Waals surface area contributed by atoms with E-state index in [1.165, 1.54) is 83.5 Å². The molecule has 0 amide bonds. The standard InChI is InChI=1S/C26H58N2O3Si/c1-5-9-10-11-12-13-14-15-16-17-18-19-20-22-27-24-25-28-23-21-26-32(29-6-2,30-7-3)31-8-4/h27-28H,5-26H2,1-4H3. The Bertz CT molecular complexity index is 345. The molecule has 0 aromatic heterocycles. The number of nitrogens with one attached hydrogen (secondary N) is 2. The summed E-state index contributed by atoms with van der Waals surface area (Å²) in [5.41, 5.74) is 0. The zero-order valence-electron chi connectivity index (χ0n) is 22.3. The lowest BCUT2D eigenvalue weighted by Crippen LogP contribution is -2.46. The molecule has 32 heavy (non-hydrogen) atoms. The van der Waals surface area contributed by atoms with Gasteiger partial charge in [0.15, 0.2) is 0 Å². The number of unbranched alkanes of at least 4 members (excludes halogenated alkanes) is 12. The minimum Gasteiger partial charge on any atom is -0.374 e. The first kappa shape index (κ1) is 32.0. The van der Waals surface area contributed by atoms with Crippen LogP contribution in [0.2, 0.25) is 6.04 Å². The smallest absolute Gasteiger partial charge is 0.374 e. The molecule has 0 rings (SSSR count). The van der Waals surface area contributed by atoms with E-state index in [1.807, 2.05) is 20.8 Å². The molecule has 6 heteroatoms. The first-order chi connectivity index (χ1) is 15.7. The summed E-state index contributed by atoms with van der Waals surface area (Å²) in [6, 6.07) is 0.891. The van der Waals surface area contributed by atoms with Crippen LogP contribution in [0.4, 0.5) is 0 Å². The van der Waals surface area contributed by atoms with Crippen molar-refractivity contribution in [2.24, 2.45) is 0 Å². The zero-order valence-corrected chi connectivity index (χ0v) is 23.3. The van der Waals surface area contributed by atoms with Crippen molar-refractivity contribution in [3.63, 3.8) is 0 Å². The molecule has 0 fully saturated rings. The molecule has 0 unspecified atom stereocenters. The topological polar surface area (TPSA) is 51.8 Å². The van der Waals surface area contributed by atoms with Crippen molar-refractivity contribution in [3.05, 3.63) is 0 Å². The van der Waals surface area contributed by atoms with Crippen LogP contribution >= 0.6 is 0 Å². The predicted molar refractivity (Wildman–Crippen MR) is 141 cm³/mol. The van der Waals surface area contributed by atoms with Crippen LogP contribution < -0.4 is 10.6 Å². The molecule has 0 saturated carbocycles. The second kappa shape index (κ2) is 25.6. The minimum absolute atomic E-state index is 0.656. The maximum Gasteiger partial charge on any atom is 0.500 e. The summed E-state index contributed by atoms with van der Waals surface area (Å²) in [7, 11) is -2.46. The van der Waals surface area contributed by atoms with Gasteiger partial charge in [0.25, 0.3) is 0 Å². The van der Waals surface area contributed by atoms with Crippen LogP contribution in [0.1, 0.15) is 118 Å². The molecule has 0 aliphatic carbocycles. The van der Waals surface area contributed by atoms with Gasteiger partial charge < -0.3 is 23.9 Å². The van der Waals surface area contributed by atoms with Crippen LogP contribution in [0.25, 0.3) is 0 Å². The summed E-state index contributed by atoms with van der Waals surface area (Å²) >= 11 is 0. The van der Waals surface area contributed by atoms with E-state index in [4.69, 9.17) is 13.3 Å². The molecule has 0 saturated heterocycles. The van der Waals surface area contributed by atoms with Crippen LogP contribution in [-0.4, -0.2) is 54.8 Å². The van der Waals surface area contributed by atoms with Gasteiger partial charge >= 0.3 is 8.80 Å². The van der Waals surface area contributed by atoms with Gasteiger partial charge in [-0.25, -0.2) is 0 Å². The second-order valence-corrected chi connectivity index (χ2v) is 11.6. The quantitative estimate of drug-likeness (QED) is 0.102. The van der Waals surface area contributed by atoms with Crippen molar-refractivity contribution < 1.29 is 13.3 Å². The van der Waals surface area contributed by atoms with Crippen molar-refractivity contribution in [3.8, 4) is 0 Å². The summed E-state index contributed by atoms with van der Waals surface area (Å²) in [6.45, 7) is 14.5. The number of hydrogen-bond acceptors (Lipinski definition) is 5. The third kappa shape index (κ3) is 20.6. The molecule has 194 valence electrons. The third-order valence-corrected chi connectivity index (χ3v) is 9.02. The van der Waals surface area contributed by atoms with E-state index in [1.54, 1.807) is 0 Å².